The van der Waals surface area contributed by atoms with Crippen molar-refractivity contribution in [2.24, 2.45) is 5.92 Å². The van der Waals surface area contributed by atoms with E-state index in [0.717, 1.165) is 31.6 Å². The highest BCUT2D eigenvalue weighted by Gasteiger charge is 2.27. The summed E-state index contributed by atoms with van der Waals surface area (Å²) in [5.41, 5.74) is 1.00. The maximum absolute atomic E-state index is 12.0. The molecule has 0 bridgehead atoms. The van der Waals surface area contributed by atoms with E-state index >= 15 is 0 Å². The van der Waals surface area contributed by atoms with Crippen molar-refractivity contribution in [2.45, 2.75) is 13.0 Å². The molecule has 21 heavy (non-hydrogen) atoms. The van der Waals surface area contributed by atoms with Crippen LogP contribution in [0.15, 0.2) is 30.3 Å². The van der Waals surface area contributed by atoms with Crippen molar-refractivity contribution in [3.05, 3.63) is 35.9 Å². The average molecular weight is 292 g/mol. The summed E-state index contributed by atoms with van der Waals surface area (Å²) in [5.74, 6) is 0.464. The van der Waals surface area contributed by atoms with Gasteiger partial charge >= 0.3 is 6.09 Å². The van der Waals surface area contributed by atoms with Gasteiger partial charge in [0.2, 0.25) is 0 Å². The van der Waals surface area contributed by atoms with Crippen LogP contribution in [0, 0.1) is 5.92 Å². The number of aliphatic hydroxyl groups excluding tert-OH is 1. The number of nitrogens with zero attached hydrogens (tertiary/aromatic N) is 2. The van der Waals surface area contributed by atoms with Gasteiger partial charge in [-0.3, -0.25) is 0 Å². The second kappa shape index (κ2) is 8.00. The first-order chi connectivity index (χ1) is 10.2. The van der Waals surface area contributed by atoms with Gasteiger partial charge in [-0.15, -0.1) is 0 Å². The summed E-state index contributed by atoms with van der Waals surface area (Å²) in [6.45, 7) is 3.57. The van der Waals surface area contributed by atoms with Crippen LogP contribution in [-0.4, -0.2) is 60.8 Å². The zero-order valence-electron chi connectivity index (χ0n) is 12.6. The summed E-state index contributed by atoms with van der Waals surface area (Å²) in [4.78, 5) is 15.9. The monoisotopic (exact) mass is 292 g/mol. The number of likely N-dealkylation sites (N-methyl/N-ethyl adjacent to an activating group) is 1. The lowest BCUT2D eigenvalue weighted by Crippen LogP contribution is -2.32. The van der Waals surface area contributed by atoms with Crippen LogP contribution < -0.4 is 0 Å². The maximum atomic E-state index is 12.0. The van der Waals surface area contributed by atoms with Gasteiger partial charge in [-0.2, -0.15) is 0 Å². The molecule has 1 aliphatic rings. The molecule has 0 radical (unpaired) electrons. The zero-order chi connectivity index (χ0) is 15.1. The number of likely N-dealkylation sites (tertiary alicyclic amines) is 1. The molecule has 0 spiro atoms. The van der Waals surface area contributed by atoms with Crippen LogP contribution >= 0.6 is 0 Å². The Hall–Kier alpha value is -1.59. The Labute approximate surface area is 126 Å². The highest BCUT2D eigenvalue weighted by atomic mass is 16.6. The maximum Gasteiger partial charge on any atom is 0.410 e. The number of amides is 1. The molecule has 1 aromatic rings. The molecule has 0 saturated carbocycles. The molecule has 1 aliphatic heterocycles. The molecule has 1 saturated heterocycles. The third-order valence-corrected chi connectivity index (χ3v) is 3.80. The average Bonchev–Trinajstić information content (AvgIpc) is 2.94. The van der Waals surface area contributed by atoms with E-state index in [9.17, 15) is 4.79 Å². The third-order valence-electron chi connectivity index (χ3n) is 3.80. The molecule has 1 N–H and O–H groups in total. The molecule has 1 aromatic carbocycles. The molecule has 5 nitrogen and oxygen atoms in total. The fourth-order valence-electron chi connectivity index (χ4n) is 2.66. The molecule has 1 atom stereocenters. The first kappa shape index (κ1) is 15.8. The fraction of sp³-hybridized carbons (Fsp3) is 0.562. The first-order valence-electron chi connectivity index (χ1n) is 7.44. The molecule has 0 unspecified atom stereocenters. The van der Waals surface area contributed by atoms with E-state index in [1.54, 1.807) is 4.90 Å². The normalized spacial score (nSPS) is 18.2. The Morgan fingerprint density at radius 2 is 2.19 bits per heavy atom. The lowest BCUT2D eigenvalue weighted by atomic mass is 10.1. The van der Waals surface area contributed by atoms with Gasteiger partial charge in [0, 0.05) is 26.2 Å². The zero-order valence-corrected chi connectivity index (χ0v) is 12.6. The fourth-order valence-corrected chi connectivity index (χ4v) is 2.66. The number of hydrogen-bond donors (Lipinski definition) is 1. The standard InChI is InChI=1S/C16H24N2O3/c1-17(9-10-19)11-15-7-8-18(12-15)16(20)21-13-14-5-3-2-4-6-14/h2-6,15,19H,7-13H2,1H3/t15-/m1/s1. The molecular formula is C16H24N2O3. The van der Waals surface area contributed by atoms with Crippen LogP contribution in [0.3, 0.4) is 0 Å². The summed E-state index contributed by atoms with van der Waals surface area (Å²) in [6.07, 6.45) is 0.766. The van der Waals surface area contributed by atoms with E-state index in [4.69, 9.17) is 9.84 Å². The Morgan fingerprint density at radius 1 is 1.43 bits per heavy atom. The van der Waals surface area contributed by atoms with Crippen molar-refractivity contribution in [1.82, 2.24) is 9.80 Å². The van der Waals surface area contributed by atoms with Gasteiger partial charge in [0.15, 0.2) is 0 Å². The van der Waals surface area contributed by atoms with Gasteiger partial charge in [-0.25, -0.2) is 4.79 Å². The second-order valence-electron chi connectivity index (χ2n) is 5.63. The van der Waals surface area contributed by atoms with Crippen LogP contribution in [0.5, 0.6) is 0 Å². The molecule has 1 heterocycles. The molecule has 5 heteroatoms. The topological polar surface area (TPSA) is 53.0 Å². The lowest BCUT2D eigenvalue weighted by Gasteiger charge is -2.20. The highest BCUT2D eigenvalue weighted by molar-refractivity contribution is 5.68. The summed E-state index contributed by atoms with van der Waals surface area (Å²) in [5, 5.41) is 8.90. The highest BCUT2D eigenvalue weighted by Crippen LogP contribution is 2.18. The van der Waals surface area contributed by atoms with E-state index in [-0.39, 0.29) is 12.7 Å². The van der Waals surface area contributed by atoms with Gasteiger partial charge in [-0.1, -0.05) is 30.3 Å². The van der Waals surface area contributed by atoms with Gasteiger partial charge in [0.05, 0.1) is 6.61 Å². The minimum atomic E-state index is -0.230. The van der Waals surface area contributed by atoms with Gasteiger partial charge in [-0.05, 0) is 24.9 Å². The number of carbonyl (C=O) groups excluding carboxylic acids is 1. The summed E-state index contributed by atoms with van der Waals surface area (Å²) < 4.78 is 5.35. The van der Waals surface area contributed by atoms with Crippen LogP contribution in [0.4, 0.5) is 4.79 Å². The van der Waals surface area contributed by atoms with Crippen LogP contribution in [0.1, 0.15) is 12.0 Å². The number of rotatable bonds is 6. The molecule has 1 amide bonds. The molecule has 1 fully saturated rings. The predicted molar refractivity (Wildman–Crippen MR) is 80.9 cm³/mol. The van der Waals surface area contributed by atoms with Crippen molar-refractivity contribution in [2.75, 3.05) is 39.8 Å². The Bertz CT molecular complexity index is 438. The van der Waals surface area contributed by atoms with Gasteiger partial charge in [0.25, 0.3) is 0 Å². The van der Waals surface area contributed by atoms with E-state index < -0.39 is 0 Å². The van der Waals surface area contributed by atoms with Crippen LogP contribution in [0.25, 0.3) is 0 Å². The van der Waals surface area contributed by atoms with E-state index in [0.29, 0.717) is 19.1 Å². The van der Waals surface area contributed by atoms with Crippen LogP contribution in [0.2, 0.25) is 0 Å². The van der Waals surface area contributed by atoms with Gasteiger partial charge < -0.3 is 19.6 Å². The lowest BCUT2D eigenvalue weighted by molar-refractivity contribution is 0.102. The number of carbonyl (C=O) groups is 1. The smallest absolute Gasteiger partial charge is 0.410 e. The molecule has 0 aliphatic carbocycles. The summed E-state index contributed by atoms with van der Waals surface area (Å²) in [7, 11) is 1.99. The predicted octanol–water partition coefficient (Wildman–Crippen LogP) is 1.57. The quantitative estimate of drug-likeness (QED) is 0.865. The largest absolute Gasteiger partial charge is 0.445 e. The SMILES string of the molecule is CN(CCO)C[C@H]1CCN(C(=O)OCc2ccccc2)C1. The van der Waals surface area contributed by atoms with Crippen molar-refractivity contribution < 1.29 is 14.6 Å². The summed E-state index contributed by atoms with van der Waals surface area (Å²) >= 11 is 0. The van der Waals surface area contributed by atoms with Crippen molar-refractivity contribution in [1.29, 1.82) is 0 Å². The molecule has 2 rings (SSSR count). The number of ether oxygens (including phenoxy) is 1. The molecule has 0 aromatic heterocycles. The Balaban J connectivity index is 1.72. The number of aliphatic hydroxyl groups is 1. The first-order valence-corrected chi connectivity index (χ1v) is 7.44. The van der Waals surface area contributed by atoms with Crippen LogP contribution in [-0.2, 0) is 11.3 Å². The summed E-state index contributed by atoms with van der Waals surface area (Å²) in [6, 6.07) is 9.71. The Kier molecular flexibility index (Phi) is 6.02. The van der Waals surface area contributed by atoms with Crippen molar-refractivity contribution >= 4 is 6.09 Å². The Morgan fingerprint density at radius 3 is 2.90 bits per heavy atom. The van der Waals surface area contributed by atoms with Crippen molar-refractivity contribution in [3.63, 3.8) is 0 Å². The number of benzene rings is 1. The molecule has 116 valence electrons. The minimum Gasteiger partial charge on any atom is -0.445 e. The van der Waals surface area contributed by atoms with E-state index in [1.807, 2.05) is 37.4 Å². The minimum absolute atomic E-state index is 0.173. The van der Waals surface area contributed by atoms with E-state index in [2.05, 4.69) is 4.90 Å². The van der Waals surface area contributed by atoms with Gasteiger partial charge in [0.1, 0.15) is 6.61 Å². The third kappa shape index (κ3) is 5.02. The van der Waals surface area contributed by atoms with E-state index in [1.165, 1.54) is 0 Å². The second-order valence-corrected chi connectivity index (χ2v) is 5.63. The van der Waals surface area contributed by atoms with Crippen molar-refractivity contribution in [3.8, 4) is 0 Å². The number of hydrogen-bond acceptors (Lipinski definition) is 4. The molecular weight excluding hydrogens is 268 g/mol.